The van der Waals surface area contributed by atoms with Gasteiger partial charge in [0, 0.05) is 12.1 Å². The van der Waals surface area contributed by atoms with Crippen molar-refractivity contribution in [2.45, 2.75) is 5.92 Å². The Labute approximate surface area is 128 Å². The van der Waals surface area contributed by atoms with Gasteiger partial charge in [-0.05, 0) is 35.4 Å². The molecule has 0 aliphatic carbocycles. The van der Waals surface area contributed by atoms with Crippen molar-refractivity contribution in [2.75, 3.05) is 6.16 Å². The smallest absolute Gasteiger partial charge is 0.335 e. The molecule has 2 aromatic rings. The van der Waals surface area contributed by atoms with Gasteiger partial charge >= 0.3 is 11.9 Å². The second kappa shape index (κ2) is 6.96. The summed E-state index contributed by atoms with van der Waals surface area (Å²) in [5, 5.41) is 17.8. The molecule has 0 fully saturated rings. The number of carboxylic acid groups (broad SMARTS) is 2. The Kier molecular flexibility index (Phi) is 5.02. The van der Waals surface area contributed by atoms with E-state index in [1.807, 2.05) is 0 Å². The second-order valence-corrected chi connectivity index (χ2v) is 5.34. The van der Waals surface area contributed by atoms with Gasteiger partial charge in [0.1, 0.15) is 0 Å². The maximum Gasteiger partial charge on any atom is 0.335 e. The molecule has 6 heteroatoms. The molecule has 112 valence electrons. The number of carbonyl (C=O) groups is 2. The lowest BCUT2D eigenvalue weighted by Gasteiger charge is -2.15. The average molecular weight is 316 g/mol. The van der Waals surface area contributed by atoms with Gasteiger partial charge in [0.25, 0.3) is 0 Å². The number of hydrogen-bond acceptors (Lipinski definition) is 3. The van der Waals surface area contributed by atoms with E-state index in [0.717, 1.165) is 11.1 Å². The van der Waals surface area contributed by atoms with E-state index in [4.69, 9.17) is 10.2 Å². The van der Waals surface area contributed by atoms with E-state index in [1.165, 1.54) is 24.3 Å². The van der Waals surface area contributed by atoms with Crippen LogP contribution in [0.15, 0.2) is 48.5 Å². The zero-order valence-corrected chi connectivity index (χ0v) is 12.4. The van der Waals surface area contributed by atoms with Crippen molar-refractivity contribution >= 4 is 20.4 Å². The number of benzene rings is 2. The summed E-state index contributed by atoms with van der Waals surface area (Å²) in [6.07, 6.45) is 0.332. The predicted octanol–water partition coefficient (Wildman–Crippen LogP) is 3.51. The molecule has 22 heavy (non-hydrogen) atoms. The summed E-state index contributed by atoms with van der Waals surface area (Å²) in [7, 11) is -0.0353. The molecule has 0 bridgehead atoms. The normalized spacial score (nSPS) is 10.8. The Bertz CT molecular complexity index is 634. The molecule has 2 N–H and O–H groups in total. The van der Waals surface area contributed by atoms with Crippen molar-refractivity contribution in [3.05, 3.63) is 70.8 Å². The van der Waals surface area contributed by atoms with Crippen molar-refractivity contribution in [1.29, 1.82) is 0 Å². The molecule has 0 aromatic heterocycles. The summed E-state index contributed by atoms with van der Waals surface area (Å²) in [5.74, 6) is -2.20. The third-order valence-electron chi connectivity index (χ3n) is 3.38. The van der Waals surface area contributed by atoms with Crippen LogP contribution in [0.4, 0.5) is 0 Å². The van der Waals surface area contributed by atoms with Crippen LogP contribution < -0.4 is 0 Å². The van der Waals surface area contributed by atoms with Gasteiger partial charge in [0.2, 0.25) is 0 Å². The van der Waals surface area contributed by atoms with Crippen LogP contribution in [0.5, 0.6) is 0 Å². The van der Waals surface area contributed by atoms with E-state index >= 15 is 0 Å². The van der Waals surface area contributed by atoms with E-state index in [0.29, 0.717) is 6.16 Å². The highest BCUT2D eigenvalue weighted by molar-refractivity contribution is 7.23. The minimum absolute atomic E-state index is 0.0353. The molecule has 2 rings (SSSR count). The first-order valence-corrected chi connectivity index (χ1v) is 7.48. The van der Waals surface area contributed by atoms with Gasteiger partial charge in [-0.15, -0.1) is 0 Å². The third kappa shape index (κ3) is 3.57. The summed E-state index contributed by atoms with van der Waals surface area (Å²) < 4.78 is 11.0. The fourth-order valence-corrected chi connectivity index (χ4v) is 2.76. The van der Waals surface area contributed by atoms with Crippen LogP contribution in [0, 0.1) is 0 Å². The van der Waals surface area contributed by atoms with E-state index in [9.17, 15) is 14.2 Å². The molecule has 0 heterocycles. The molecule has 0 saturated carbocycles. The summed E-state index contributed by atoms with van der Waals surface area (Å²) in [5.41, 5.74) is 2.03. The maximum atomic E-state index is 11.0. The highest BCUT2D eigenvalue weighted by Crippen LogP contribution is 2.28. The number of hydrogen-bond donors (Lipinski definition) is 2. The molecular weight excluding hydrogens is 303 g/mol. The second-order valence-electron chi connectivity index (χ2n) is 4.72. The largest absolute Gasteiger partial charge is 0.478 e. The Morgan fingerprint density at radius 2 is 1.18 bits per heavy atom. The molecule has 0 atom stereocenters. The van der Waals surface area contributed by atoms with Gasteiger partial charge in [-0.3, -0.25) is 4.57 Å². The average Bonchev–Trinajstić information content (AvgIpc) is 2.53. The van der Waals surface area contributed by atoms with Gasteiger partial charge in [0.15, 0.2) is 8.46 Å². The molecule has 2 aromatic carbocycles. The number of aromatic carboxylic acids is 2. The van der Waals surface area contributed by atoms with Gasteiger partial charge < -0.3 is 10.2 Å². The van der Waals surface area contributed by atoms with Gasteiger partial charge in [-0.2, -0.15) is 0 Å². The third-order valence-corrected chi connectivity index (χ3v) is 3.89. The molecular formula is C16H13O5P. The first kappa shape index (κ1) is 15.9. The fraction of sp³-hybridized carbons (Fsp3) is 0.125. The molecule has 0 unspecified atom stereocenters. The van der Waals surface area contributed by atoms with Crippen LogP contribution in [0.1, 0.15) is 37.8 Å². The first-order valence-electron chi connectivity index (χ1n) is 6.48. The van der Waals surface area contributed by atoms with Crippen LogP contribution in [0.3, 0.4) is 0 Å². The van der Waals surface area contributed by atoms with E-state index in [1.54, 1.807) is 24.3 Å². The Balaban J connectivity index is 2.34. The van der Waals surface area contributed by atoms with Crippen molar-refractivity contribution in [1.82, 2.24) is 0 Å². The van der Waals surface area contributed by atoms with Gasteiger partial charge in [-0.1, -0.05) is 24.3 Å². The molecule has 0 spiro atoms. The van der Waals surface area contributed by atoms with Gasteiger partial charge in [-0.25, -0.2) is 9.59 Å². The number of carboxylic acids is 2. The van der Waals surface area contributed by atoms with Crippen LogP contribution >= 0.6 is 8.46 Å². The Hall–Kier alpha value is -2.52. The Morgan fingerprint density at radius 1 is 0.818 bits per heavy atom. The Morgan fingerprint density at radius 3 is 1.45 bits per heavy atom. The molecule has 5 nitrogen and oxygen atoms in total. The highest BCUT2D eigenvalue weighted by Gasteiger charge is 2.16. The molecule has 0 saturated heterocycles. The number of rotatable bonds is 6. The summed E-state index contributed by atoms with van der Waals surface area (Å²) >= 11 is 0. The predicted molar refractivity (Wildman–Crippen MR) is 81.1 cm³/mol. The van der Waals surface area contributed by atoms with Crippen LogP contribution in [0.25, 0.3) is 0 Å². The van der Waals surface area contributed by atoms with E-state index in [2.05, 4.69) is 0 Å². The standard InChI is InChI=1S/C16H13O5P/c17-15(18)12-5-1-10(2-6-12)14(9-22-21)11-3-7-13(8-4-11)16(19)20/h1-8,14H,9H2,(H,17,18)(H,19,20). The van der Waals surface area contributed by atoms with Crippen LogP contribution in [-0.2, 0) is 4.57 Å². The van der Waals surface area contributed by atoms with Crippen molar-refractivity contribution in [2.24, 2.45) is 0 Å². The first-order chi connectivity index (χ1) is 10.5. The quantitative estimate of drug-likeness (QED) is 0.796. The van der Waals surface area contributed by atoms with Crippen molar-refractivity contribution < 1.29 is 24.4 Å². The summed E-state index contributed by atoms with van der Waals surface area (Å²) in [6, 6.07) is 12.7. The van der Waals surface area contributed by atoms with Crippen molar-refractivity contribution in [3.63, 3.8) is 0 Å². The summed E-state index contributed by atoms with van der Waals surface area (Å²) in [4.78, 5) is 21.7. The zero-order chi connectivity index (χ0) is 16.1. The minimum atomic E-state index is -1.00. The lowest BCUT2D eigenvalue weighted by molar-refractivity contribution is 0.0686. The van der Waals surface area contributed by atoms with E-state index in [-0.39, 0.29) is 25.5 Å². The zero-order valence-electron chi connectivity index (χ0n) is 11.5. The maximum absolute atomic E-state index is 11.0. The minimum Gasteiger partial charge on any atom is -0.478 e. The molecule has 0 aliphatic rings. The fourth-order valence-electron chi connectivity index (χ4n) is 2.19. The SMILES string of the molecule is O=PCC(c1ccc(C(=O)O)cc1)c1ccc(C(=O)O)cc1. The van der Waals surface area contributed by atoms with Crippen LogP contribution in [0.2, 0.25) is 0 Å². The lowest BCUT2D eigenvalue weighted by atomic mass is 9.91. The monoisotopic (exact) mass is 316 g/mol. The molecule has 0 aliphatic heterocycles. The lowest BCUT2D eigenvalue weighted by Crippen LogP contribution is -2.05. The summed E-state index contributed by atoms with van der Waals surface area (Å²) in [6.45, 7) is 0. The van der Waals surface area contributed by atoms with Crippen LogP contribution in [-0.4, -0.2) is 28.3 Å². The van der Waals surface area contributed by atoms with Crippen molar-refractivity contribution in [3.8, 4) is 0 Å². The highest BCUT2D eigenvalue weighted by atomic mass is 31.1. The molecule has 0 radical (unpaired) electrons. The van der Waals surface area contributed by atoms with E-state index < -0.39 is 11.9 Å². The molecule has 0 amide bonds. The topological polar surface area (TPSA) is 91.7 Å². The van der Waals surface area contributed by atoms with Gasteiger partial charge in [0.05, 0.1) is 11.1 Å².